The third-order valence-corrected chi connectivity index (χ3v) is 5.09. The summed E-state index contributed by atoms with van der Waals surface area (Å²) >= 11 is 0. The Hall–Kier alpha value is -3.15. The molecule has 0 aliphatic carbocycles. The molecule has 4 rings (SSSR count). The molecule has 0 unspecified atom stereocenters. The summed E-state index contributed by atoms with van der Waals surface area (Å²) in [5.74, 6) is 2.39. The average Bonchev–Trinajstić information content (AvgIpc) is 2.74. The minimum atomic E-state index is -0.200. The summed E-state index contributed by atoms with van der Waals surface area (Å²) in [6, 6.07) is 19.0. The third kappa shape index (κ3) is 3.91. The van der Waals surface area contributed by atoms with E-state index in [1.807, 2.05) is 50.4 Å². The summed E-state index contributed by atoms with van der Waals surface area (Å²) in [5, 5.41) is 0. The van der Waals surface area contributed by atoms with E-state index < -0.39 is 0 Å². The smallest absolute Gasteiger partial charge is 0.138 e. The van der Waals surface area contributed by atoms with E-state index in [0.29, 0.717) is 0 Å². The quantitative estimate of drug-likeness (QED) is 0.686. The van der Waals surface area contributed by atoms with E-state index in [9.17, 15) is 4.39 Å². The van der Waals surface area contributed by atoms with Crippen molar-refractivity contribution in [2.45, 2.75) is 6.92 Å². The van der Waals surface area contributed by atoms with Crippen LogP contribution in [0.15, 0.2) is 60.7 Å². The first-order chi connectivity index (χ1) is 13.6. The third-order valence-electron chi connectivity index (χ3n) is 5.09. The minimum absolute atomic E-state index is 0.200. The Morgan fingerprint density at radius 2 is 1.50 bits per heavy atom. The zero-order valence-electron chi connectivity index (χ0n) is 16.2. The largest absolute Gasteiger partial charge is 0.368 e. The van der Waals surface area contributed by atoms with Crippen LogP contribution < -0.4 is 14.7 Å². The van der Waals surface area contributed by atoms with Gasteiger partial charge in [0.15, 0.2) is 0 Å². The number of aromatic nitrogens is 2. The number of aryl methyl sites for hydroxylation is 1. The molecule has 0 radical (unpaired) electrons. The van der Waals surface area contributed by atoms with Crippen molar-refractivity contribution < 1.29 is 4.39 Å². The van der Waals surface area contributed by atoms with Crippen molar-refractivity contribution in [3.63, 3.8) is 0 Å². The molecule has 0 N–H and O–H groups in total. The zero-order chi connectivity index (χ0) is 19.5. The predicted octanol–water partition coefficient (Wildman–Crippen LogP) is 4.02. The van der Waals surface area contributed by atoms with E-state index in [4.69, 9.17) is 0 Å². The van der Waals surface area contributed by atoms with Crippen LogP contribution in [0.4, 0.5) is 27.4 Å². The number of para-hydroxylation sites is 1. The van der Waals surface area contributed by atoms with Gasteiger partial charge in [-0.15, -0.1) is 0 Å². The fraction of sp³-hybridized carbons (Fsp3) is 0.273. The Morgan fingerprint density at radius 1 is 0.857 bits per heavy atom. The van der Waals surface area contributed by atoms with Gasteiger partial charge in [0, 0.05) is 50.7 Å². The molecule has 0 atom stereocenters. The van der Waals surface area contributed by atoms with E-state index in [1.165, 1.54) is 12.1 Å². The van der Waals surface area contributed by atoms with Crippen LogP contribution in [0.1, 0.15) is 5.82 Å². The second kappa shape index (κ2) is 7.84. The van der Waals surface area contributed by atoms with Crippen LogP contribution in [-0.4, -0.2) is 43.2 Å². The number of hydrogen-bond donors (Lipinski definition) is 0. The fourth-order valence-corrected chi connectivity index (χ4v) is 3.50. The van der Waals surface area contributed by atoms with Gasteiger partial charge in [-0.05, 0) is 43.3 Å². The summed E-state index contributed by atoms with van der Waals surface area (Å²) in [6.45, 7) is 5.41. The molecule has 0 spiro atoms. The summed E-state index contributed by atoms with van der Waals surface area (Å²) < 4.78 is 13.2. The van der Waals surface area contributed by atoms with Gasteiger partial charge < -0.3 is 14.7 Å². The Labute approximate surface area is 165 Å². The monoisotopic (exact) mass is 377 g/mol. The highest BCUT2D eigenvalue weighted by molar-refractivity contribution is 5.62. The summed E-state index contributed by atoms with van der Waals surface area (Å²) in [6.07, 6.45) is 0. The maximum Gasteiger partial charge on any atom is 0.138 e. The lowest BCUT2D eigenvalue weighted by molar-refractivity contribution is 0.624. The molecule has 1 saturated heterocycles. The lowest BCUT2D eigenvalue weighted by Gasteiger charge is -2.37. The molecular formula is C22H24FN5. The van der Waals surface area contributed by atoms with Crippen LogP contribution >= 0.6 is 0 Å². The Balaban J connectivity index is 1.49. The topological polar surface area (TPSA) is 35.5 Å². The summed E-state index contributed by atoms with van der Waals surface area (Å²) in [5.41, 5.74) is 2.15. The van der Waals surface area contributed by atoms with Crippen molar-refractivity contribution >= 4 is 23.0 Å². The first-order valence-corrected chi connectivity index (χ1v) is 9.50. The number of benzene rings is 2. The normalized spacial score (nSPS) is 14.2. The van der Waals surface area contributed by atoms with Crippen molar-refractivity contribution in [3.05, 3.63) is 72.3 Å². The molecule has 3 aromatic rings. The van der Waals surface area contributed by atoms with Gasteiger partial charge in [0.1, 0.15) is 23.3 Å². The molecule has 0 amide bonds. The van der Waals surface area contributed by atoms with Crippen LogP contribution in [0.5, 0.6) is 0 Å². The molecule has 0 bridgehead atoms. The van der Waals surface area contributed by atoms with Crippen LogP contribution in [-0.2, 0) is 0 Å². The van der Waals surface area contributed by atoms with E-state index in [-0.39, 0.29) is 5.82 Å². The fourth-order valence-electron chi connectivity index (χ4n) is 3.50. The second-order valence-corrected chi connectivity index (χ2v) is 6.98. The zero-order valence-corrected chi connectivity index (χ0v) is 16.2. The number of hydrogen-bond acceptors (Lipinski definition) is 5. The molecule has 5 nitrogen and oxygen atoms in total. The number of piperazine rings is 1. The Kier molecular flexibility index (Phi) is 5.10. The van der Waals surface area contributed by atoms with Crippen LogP contribution in [0.2, 0.25) is 0 Å². The Bertz CT molecular complexity index is 921. The van der Waals surface area contributed by atoms with Crippen LogP contribution in [0, 0.1) is 12.7 Å². The molecule has 1 aliphatic heterocycles. The minimum Gasteiger partial charge on any atom is -0.368 e. The van der Waals surface area contributed by atoms with Gasteiger partial charge in [0.05, 0.1) is 0 Å². The first kappa shape index (κ1) is 18.2. The van der Waals surface area contributed by atoms with Crippen LogP contribution in [0.3, 0.4) is 0 Å². The molecule has 0 saturated carbocycles. The highest BCUT2D eigenvalue weighted by atomic mass is 19.1. The lowest BCUT2D eigenvalue weighted by atomic mass is 10.2. The number of rotatable bonds is 4. The molecule has 1 aliphatic rings. The predicted molar refractivity (Wildman–Crippen MR) is 112 cm³/mol. The van der Waals surface area contributed by atoms with Gasteiger partial charge in [-0.2, -0.15) is 0 Å². The molecule has 1 fully saturated rings. The summed E-state index contributed by atoms with van der Waals surface area (Å²) in [7, 11) is 2.02. The SMILES string of the molecule is Cc1nc(N2CCN(c3ccc(F)cc3)CC2)cc(N(C)c2ccccc2)n1. The molecule has 28 heavy (non-hydrogen) atoms. The first-order valence-electron chi connectivity index (χ1n) is 9.50. The van der Waals surface area contributed by atoms with Crippen molar-refractivity contribution in [2.24, 2.45) is 0 Å². The highest BCUT2D eigenvalue weighted by Gasteiger charge is 2.20. The van der Waals surface area contributed by atoms with E-state index in [2.05, 4.69) is 36.8 Å². The van der Waals surface area contributed by atoms with Crippen molar-refractivity contribution in [1.82, 2.24) is 9.97 Å². The van der Waals surface area contributed by atoms with Gasteiger partial charge >= 0.3 is 0 Å². The maximum atomic E-state index is 13.2. The number of nitrogens with zero attached hydrogens (tertiary/aromatic N) is 5. The maximum absolute atomic E-state index is 13.2. The van der Waals surface area contributed by atoms with Gasteiger partial charge in [-0.25, -0.2) is 14.4 Å². The highest BCUT2D eigenvalue weighted by Crippen LogP contribution is 2.26. The molecule has 6 heteroatoms. The second-order valence-electron chi connectivity index (χ2n) is 6.98. The van der Waals surface area contributed by atoms with E-state index >= 15 is 0 Å². The Morgan fingerprint density at radius 3 is 2.18 bits per heavy atom. The number of halogens is 1. The molecule has 2 aromatic carbocycles. The standard InChI is InChI=1S/C22H24FN5/c1-17-24-21(26(2)19-6-4-3-5-7-19)16-22(25-17)28-14-12-27(13-15-28)20-10-8-18(23)9-11-20/h3-11,16H,12-15H2,1-2H3. The molecule has 2 heterocycles. The van der Waals surface area contributed by atoms with Gasteiger partial charge in [0.25, 0.3) is 0 Å². The van der Waals surface area contributed by atoms with Gasteiger partial charge in [0.2, 0.25) is 0 Å². The van der Waals surface area contributed by atoms with Crippen LogP contribution in [0.25, 0.3) is 0 Å². The average molecular weight is 377 g/mol. The van der Waals surface area contributed by atoms with E-state index in [1.54, 1.807) is 0 Å². The van der Waals surface area contributed by atoms with Crippen molar-refractivity contribution in [3.8, 4) is 0 Å². The van der Waals surface area contributed by atoms with Gasteiger partial charge in [-0.3, -0.25) is 0 Å². The molecule has 1 aromatic heterocycles. The molecule has 144 valence electrons. The van der Waals surface area contributed by atoms with E-state index in [0.717, 1.165) is 55.0 Å². The van der Waals surface area contributed by atoms with Crippen molar-refractivity contribution in [2.75, 3.05) is 47.9 Å². The van der Waals surface area contributed by atoms with Gasteiger partial charge in [-0.1, -0.05) is 18.2 Å². The lowest BCUT2D eigenvalue weighted by Crippen LogP contribution is -2.47. The number of anilines is 4. The molecular weight excluding hydrogens is 353 g/mol. The summed E-state index contributed by atoms with van der Waals surface area (Å²) in [4.78, 5) is 15.9. The van der Waals surface area contributed by atoms with Crippen molar-refractivity contribution in [1.29, 1.82) is 0 Å².